The molecule has 0 aliphatic heterocycles. The third kappa shape index (κ3) is 3.18. The molecular formula is C11H9NO2S. The van der Waals surface area contributed by atoms with Gasteiger partial charge in [0.25, 0.3) is 5.91 Å². The molecule has 0 fully saturated rings. The first kappa shape index (κ1) is 11.4. The number of carbonyl (C=O) groups excluding carboxylic acids is 2. The first-order valence-corrected chi connectivity index (χ1v) is 4.75. The molecule has 0 N–H and O–H groups in total. The van der Waals surface area contributed by atoms with Gasteiger partial charge in [-0.2, -0.15) is 0 Å². The van der Waals surface area contributed by atoms with Crippen molar-refractivity contribution in [3.05, 3.63) is 35.4 Å². The monoisotopic (exact) mass is 219 g/mol. The van der Waals surface area contributed by atoms with E-state index in [1.165, 1.54) is 18.5 Å². The first-order chi connectivity index (χ1) is 7.15. The molecule has 1 aromatic rings. The molecule has 76 valence electrons. The van der Waals surface area contributed by atoms with Gasteiger partial charge in [-0.1, -0.05) is 24.4 Å². The lowest BCUT2D eigenvalue weighted by Crippen LogP contribution is -1.97. The van der Waals surface area contributed by atoms with E-state index < -0.39 is 0 Å². The Balaban J connectivity index is 2.89. The van der Waals surface area contributed by atoms with Crippen molar-refractivity contribution in [2.75, 3.05) is 0 Å². The second-order valence-corrected chi connectivity index (χ2v) is 3.13. The standard InChI is InChI=1S/C11H9NO2S/c1-8(13)9-2-4-10(5-3-9)11(14)12-6-7-15/h2-7H,1H3. The molecule has 1 rings (SSSR count). The van der Waals surface area contributed by atoms with Crippen molar-refractivity contribution in [2.24, 2.45) is 4.99 Å². The van der Waals surface area contributed by atoms with Crippen LogP contribution in [0.3, 0.4) is 0 Å². The molecule has 0 unspecified atom stereocenters. The molecule has 0 saturated carbocycles. The van der Waals surface area contributed by atoms with Crippen molar-refractivity contribution >= 4 is 35.5 Å². The van der Waals surface area contributed by atoms with Crippen molar-refractivity contribution in [2.45, 2.75) is 6.92 Å². The Kier molecular flexibility index (Phi) is 4.00. The molecule has 0 heterocycles. The van der Waals surface area contributed by atoms with Crippen LogP contribution in [0.15, 0.2) is 29.3 Å². The van der Waals surface area contributed by atoms with Gasteiger partial charge in [0.15, 0.2) is 5.78 Å². The summed E-state index contributed by atoms with van der Waals surface area (Å²) in [5.74, 6) is -0.400. The number of carbonyl (C=O) groups is 2. The highest BCUT2D eigenvalue weighted by atomic mass is 32.1. The fraction of sp³-hybridized carbons (Fsp3) is 0.0909. The molecular weight excluding hydrogens is 210 g/mol. The van der Waals surface area contributed by atoms with Crippen molar-refractivity contribution in [3.63, 3.8) is 0 Å². The molecule has 3 nitrogen and oxygen atoms in total. The highest BCUT2D eigenvalue weighted by Gasteiger charge is 2.04. The second-order valence-electron chi connectivity index (χ2n) is 2.85. The number of thiocarbonyl (C=S) groups is 1. The van der Waals surface area contributed by atoms with Gasteiger partial charge in [0, 0.05) is 22.7 Å². The summed E-state index contributed by atoms with van der Waals surface area (Å²) in [5, 5.41) is 1.27. The number of nitrogens with zero attached hydrogens (tertiary/aromatic N) is 1. The number of ketones is 1. The maximum Gasteiger partial charge on any atom is 0.276 e. The van der Waals surface area contributed by atoms with Crippen LogP contribution >= 0.6 is 12.2 Å². The maximum absolute atomic E-state index is 11.3. The van der Waals surface area contributed by atoms with Crippen LogP contribution in [0.25, 0.3) is 0 Å². The summed E-state index contributed by atoms with van der Waals surface area (Å²) in [4.78, 5) is 25.9. The van der Waals surface area contributed by atoms with Gasteiger partial charge < -0.3 is 0 Å². The summed E-state index contributed by atoms with van der Waals surface area (Å²) in [6, 6.07) is 6.34. The van der Waals surface area contributed by atoms with Crippen molar-refractivity contribution in [3.8, 4) is 0 Å². The van der Waals surface area contributed by atoms with E-state index >= 15 is 0 Å². The van der Waals surface area contributed by atoms with Crippen LogP contribution in [-0.4, -0.2) is 23.3 Å². The zero-order valence-corrected chi connectivity index (χ0v) is 8.95. The van der Waals surface area contributed by atoms with Gasteiger partial charge in [-0.05, 0) is 19.1 Å². The smallest absolute Gasteiger partial charge is 0.276 e. The van der Waals surface area contributed by atoms with Crippen LogP contribution in [0.4, 0.5) is 0 Å². The molecule has 0 atom stereocenters. The lowest BCUT2D eigenvalue weighted by atomic mass is 10.1. The van der Waals surface area contributed by atoms with Crippen LogP contribution in [-0.2, 0) is 0 Å². The van der Waals surface area contributed by atoms with Gasteiger partial charge in [0.2, 0.25) is 0 Å². The van der Waals surface area contributed by atoms with E-state index in [0.717, 1.165) is 0 Å². The number of rotatable bonds is 3. The third-order valence-electron chi connectivity index (χ3n) is 1.79. The minimum Gasteiger partial charge on any atom is -0.295 e. The second kappa shape index (κ2) is 5.26. The maximum atomic E-state index is 11.3. The van der Waals surface area contributed by atoms with Crippen LogP contribution in [0.5, 0.6) is 0 Å². The van der Waals surface area contributed by atoms with Gasteiger partial charge in [0.05, 0.1) is 0 Å². The van der Waals surface area contributed by atoms with Crippen molar-refractivity contribution in [1.29, 1.82) is 0 Å². The van der Waals surface area contributed by atoms with Crippen molar-refractivity contribution in [1.82, 2.24) is 0 Å². The number of benzene rings is 1. The molecule has 0 bridgehead atoms. The Morgan fingerprint density at radius 2 is 1.73 bits per heavy atom. The van der Waals surface area contributed by atoms with Crippen molar-refractivity contribution < 1.29 is 9.59 Å². The Labute approximate surface area is 92.8 Å². The molecule has 0 radical (unpaired) electrons. The van der Waals surface area contributed by atoms with Gasteiger partial charge in [-0.25, -0.2) is 4.99 Å². The number of Topliss-reactive ketones (excluding diaryl/α,β-unsaturated/α-hetero) is 1. The molecule has 4 heteroatoms. The minimum absolute atomic E-state index is 0.0311. The van der Waals surface area contributed by atoms with Gasteiger partial charge in [-0.3, -0.25) is 9.59 Å². The average molecular weight is 219 g/mol. The van der Waals surface area contributed by atoms with E-state index in [0.29, 0.717) is 11.1 Å². The lowest BCUT2D eigenvalue weighted by Gasteiger charge is -1.97. The van der Waals surface area contributed by atoms with Crippen LogP contribution in [0.2, 0.25) is 0 Å². The third-order valence-corrected chi connectivity index (χ3v) is 1.91. The summed E-state index contributed by atoms with van der Waals surface area (Å²) >= 11 is 4.50. The molecule has 0 aromatic heterocycles. The lowest BCUT2D eigenvalue weighted by molar-refractivity contribution is 0.0995. The fourth-order valence-electron chi connectivity index (χ4n) is 1.02. The molecule has 15 heavy (non-hydrogen) atoms. The highest BCUT2D eigenvalue weighted by Crippen LogP contribution is 2.06. The van der Waals surface area contributed by atoms with E-state index in [1.54, 1.807) is 24.3 Å². The number of aliphatic imine (C=N–C) groups is 1. The molecule has 0 aliphatic carbocycles. The number of amides is 1. The summed E-state index contributed by atoms with van der Waals surface area (Å²) in [5.41, 5.74) is 1.01. The molecule has 1 amide bonds. The topological polar surface area (TPSA) is 46.5 Å². The van der Waals surface area contributed by atoms with E-state index in [9.17, 15) is 9.59 Å². The molecule has 0 aliphatic rings. The van der Waals surface area contributed by atoms with E-state index in [-0.39, 0.29) is 11.7 Å². The SMILES string of the molecule is CC(=O)c1ccc(C(=O)N=CC=S)cc1. The normalized spacial score (nSPS) is 10.2. The highest BCUT2D eigenvalue weighted by molar-refractivity contribution is 7.80. The minimum atomic E-state index is -0.369. The molecule has 1 aromatic carbocycles. The Hall–Kier alpha value is -1.68. The Morgan fingerprint density at radius 3 is 2.20 bits per heavy atom. The Bertz CT molecular complexity index is 421. The summed E-state index contributed by atoms with van der Waals surface area (Å²) in [6.45, 7) is 1.47. The largest absolute Gasteiger partial charge is 0.295 e. The van der Waals surface area contributed by atoms with Gasteiger partial charge in [0.1, 0.15) is 0 Å². The van der Waals surface area contributed by atoms with E-state index in [4.69, 9.17) is 0 Å². The van der Waals surface area contributed by atoms with Crippen LogP contribution in [0, 0.1) is 0 Å². The van der Waals surface area contributed by atoms with E-state index in [1.807, 2.05) is 0 Å². The number of hydrogen-bond donors (Lipinski definition) is 0. The quantitative estimate of drug-likeness (QED) is 0.444. The van der Waals surface area contributed by atoms with Gasteiger partial charge >= 0.3 is 0 Å². The predicted molar refractivity (Wildman–Crippen MR) is 62.9 cm³/mol. The van der Waals surface area contributed by atoms with Gasteiger partial charge in [-0.15, -0.1) is 0 Å². The summed E-state index contributed by atoms with van der Waals surface area (Å²) in [7, 11) is 0. The summed E-state index contributed by atoms with van der Waals surface area (Å²) in [6.07, 6.45) is 1.26. The van der Waals surface area contributed by atoms with Crippen LogP contribution in [0.1, 0.15) is 27.6 Å². The predicted octanol–water partition coefficient (Wildman–Crippen LogP) is 2.10. The number of hydrogen-bond acceptors (Lipinski definition) is 3. The average Bonchev–Trinajstić information content (AvgIpc) is 2.26. The summed E-state index contributed by atoms with van der Waals surface area (Å²) < 4.78 is 0. The van der Waals surface area contributed by atoms with Crippen LogP contribution < -0.4 is 0 Å². The molecule has 0 spiro atoms. The zero-order valence-electron chi connectivity index (χ0n) is 8.14. The zero-order chi connectivity index (χ0) is 11.3. The molecule has 0 saturated heterocycles. The van der Waals surface area contributed by atoms with E-state index in [2.05, 4.69) is 17.2 Å². The fourth-order valence-corrected chi connectivity index (χ4v) is 1.08. The first-order valence-electron chi connectivity index (χ1n) is 4.28. The Morgan fingerprint density at radius 1 is 1.20 bits per heavy atom.